The molecule has 0 spiro atoms. The molecule has 2 rings (SSSR count). The minimum absolute atomic E-state index is 0.0347. The van der Waals surface area contributed by atoms with Gasteiger partial charge < -0.3 is 20.7 Å². The third kappa shape index (κ3) is 5.63. The van der Waals surface area contributed by atoms with Crippen molar-refractivity contribution in [2.24, 2.45) is 0 Å². The zero-order chi connectivity index (χ0) is 20.9. The summed E-state index contributed by atoms with van der Waals surface area (Å²) in [4.78, 5) is 23.6. The first kappa shape index (κ1) is 21.1. The molecule has 0 bridgehead atoms. The van der Waals surface area contributed by atoms with Crippen molar-refractivity contribution in [1.82, 2.24) is 0 Å². The maximum atomic E-state index is 12.8. The van der Waals surface area contributed by atoms with Gasteiger partial charge in [0, 0.05) is 18.3 Å². The number of hydrogen-bond donors (Lipinski definition) is 3. The van der Waals surface area contributed by atoms with Crippen molar-refractivity contribution < 1.29 is 27.5 Å². The van der Waals surface area contributed by atoms with Crippen LogP contribution in [-0.4, -0.2) is 25.0 Å². The molecule has 0 aliphatic heterocycles. The van der Waals surface area contributed by atoms with E-state index in [1.807, 2.05) is 0 Å². The summed E-state index contributed by atoms with van der Waals surface area (Å²) in [5, 5.41) is 7.99. The maximum Gasteiger partial charge on any atom is 0.416 e. The van der Waals surface area contributed by atoms with Crippen molar-refractivity contribution in [1.29, 1.82) is 0 Å². The number of alkyl halides is 3. The molecule has 150 valence electrons. The average molecular weight is 395 g/mol. The van der Waals surface area contributed by atoms with E-state index in [1.54, 1.807) is 25.1 Å². The summed E-state index contributed by atoms with van der Waals surface area (Å²) in [5.41, 5.74) is 0.129. The number of methoxy groups -OCH3 is 1. The molecule has 0 aliphatic carbocycles. The van der Waals surface area contributed by atoms with Crippen LogP contribution in [0.2, 0.25) is 0 Å². The number of ether oxygens (including phenoxy) is 1. The number of carbonyl (C=O) groups excluding carboxylic acids is 2. The second-order valence-electron chi connectivity index (χ2n) is 6.03. The van der Waals surface area contributed by atoms with Crippen LogP contribution in [0.3, 0.4) is 0 Å². The van der Waals surface area contributed by atoms with E-state index < -0.39 is 23.7 Å². The van der Waals surface area contributed by atoms with E-state index in [0.717, 1.165) is 12.1 Å². The molecule has 0 aromatic heterocycles. The van der Waals surface area contributed by atoms with E-state index in [9.17, 15) is 22.8 Å². The lowest BCUT2D eigenvalue weighted by atomic mass is 10.2. The van der Waals surface area contributed by atoms with Gasteiger partial charge in [0.05, 0.1) is 18.4 Å². The SMILES string of the molecule is COc1ccc(NC(C)=O)cc1NC(C)C(=O)Nc1cccc(C(F)(F)F)c1. The summed E-state index contributed by atoms with van der Waals surface area (Å²) in [6, 6.07) is 8.43. The Labute approximate surface area is 160 Å². The number of amides is 2. The minimum atomic E-state index is -4.50. The number of nitrogens with one attached hydrogen (secondary N) is 3. The molecule has 0 saturated carbocycles. The Bertz CT molecular complexity index is 869. The zero-order valence-corrected chi connectivity index (χ0v) is 15.5. The van der Waals surface area contributed by atoms with E-state index in [4.69, 9.17) is 4.74 Å². The fourth-order valence-corrected chi connectivity index (χ4v) is 2.42. The summed E-state index contributed by atoms with van der Waals surface area (Å²) in [6.45, 7) is 2.91. The van der Waals surface area contributed by atoms with Gasteiger partial charge in [0.1, 0.15) is 11.8 Å². The van der Waals surface area contributed by atoms with Crippen LogP contribution < -0.4 is 20.7 Å². The van der Waals surface area contributed by atoms with Gasteiger partial charge in [-0.3, -0.25) is 9.59 Å². The van der Waals surface area contributed by atoms with Crippen molar-refractivity contribution >= 4 is 28.9 Å². The van der Waals surface area contributed by atoms with Gasteiger partial charge in [0.25, 0.3) is 0 Å². The molecule has 0 radical (unpaired) electrons. The van der Waals surface area contributed by atoms with Crippen LogP contribution in [0.15, 0.2) is 42.5 Å². The quantitative estimate of drug-likeness (QED) is 0.688. The number of benzene rings is 2. The highest BCUT2D eigenvalue weighted by atomic mass is 19.4. The zero-order valence-electron chi connectivity index (χ0n) is 15.5. The van der Waals surface area contributed by atoms with Crippen LogP contribution in [0.25, 0.3) is 0 Å². The van der Waals surface area contributed by atoms with E-state index in [-0.39, 0.29) is 11.6 Å². The van der Waals surface area contributed by atoms with Crippen LogP contribution in [0.4, 0.5) is 30.2 Å². The molecule has 2 aromatic carbocycles. The lowest BCUT2D eigenvalue weighted by Gasteiger charge is -2.18. The molecule has 1 atom stereocenters. The predicted octanol–water partition coefficient (Wildman–Crippen LogP) is 4.11. The minimum Gasteiger partial charge on any atom is -0.495 e. The van der Waals surface area contributed by atoms with Gasteiger partial charge in [0.2, 0.25) is 11.8 Å². The smallest absolute Gasteiger partial charge is 0.416 e. The second kappa shape index (κ2) is 8.64. The number of anilines is 3. The standard InChI is InChI=1S/C19H20F3N3O3/c1-11(18(27)25-14-6-4-5-13(9-14)19(20,21)22)23-16-10-15(24-12(2)26)7-8-17(16)28-3/h4-11,23H,1-3H3,(H,24,26)(H,25,27). The molecular weight excluding hydrogens is 375 g/mol. The Hall–Kier alpha value is -3.23. The van der Waals surface area contributed by atoms with Crippen molar-refractivity contribution in [3.63, 3.8) is 0 Å². The van der Waals surface area contributed by atoms with Crippen LogP contribution in [0, 0.1) is 0 Å². The first-order chi connectivity index (χ1) is 13.1. The maximum absolute atomic E-state index is 12.8. The first-order valence-corrected chi connectivity index (χ1v) is 8.30. The molecular formula is C19H20F3N3O3. The second-order valence-corrected chi connectivity index (χ2v) is 6.03. The van der Waals surface area contributed by atoms with E-state index in [0.29, 0.717) is 17.1 Å². The van der Waals surface area contributed by atoms with Crippen molar-refractivity contribution in [3.05, 3.63) is 48.0 Å². The van der Waals surface area contributed by atoms with Crippen molar-refractivity contribution in [3.8, 4) is 5.75 Å². The fourth-order valence-electron chi connectivity index (χ4n) is 2.42. The molecule has 1 unspecified atom stereocenters. The molecule has 3 N–H and O–H groups in total. The van der Waals surface area contributed by atoms with Crippen molar-refractivity contribution in [2.45, 2.75) is 26.1 Å². The van der Waals surface area contributed by atoms with Crippen molar-refractivity contribution in [2.75, 3.05) is 23.1 Å². The highest BCUT2D eigenvalue weighted by Crippen LogP contribution is 2.31. The Kier molecular flexibility index (Phi) is 6.50. The molecule has 0 fully saturated rings. The van der Waals surface area contributed by atoms with E-state index in [2.05, 4.69) is 16.0 Å². The summed E-state index contributed by atoms with van der Waals surface area (Å²) < 4.78 is 43.6. The Morgan fingerprint density at radius 2 is 1.71 bits per heavy atom. The molecule has 0 saturated heterocycles. The third-order valence-electron chi connectivity index (χ3n) is 3.74. The van der Waals surface area contributed by atoms with E-state index >= 15 is 0 Å². The summed E-state index contributed by atoms with van der Waals surface area (Å²) >= 11 is 0. The van der Waals surface area contributed by atoms with E-state index in [1.165, 1.54) is 26.2 Å². The number of hydrogen-bond acceptors (Lipinski definition) is 4. The van der Waals surface area contributed by atoms with Gasteiger partial charge in [-0.05, 0) is 43.3 Å². The van der Waals surface area contributed by atoms with Crippen LogP contribution in [0.1, 0.15) is 19.4 Å². The third-order valence-corrected chi connectivity index (χ3v) is 3.74. The summed E-state index contributed by atoms with van der Waals surface area (Å²) in [5.74, 6) is -0.356. The normalized spacial score (nSPS) is 12.1. The predicted molar refractivity (Wildman–Crippen MR) is 100 cm³/mol. The van der Waals surface area contributed by atoms with Crippen LogP contribution >= 0.6 is 0 Å². The lowest BCUT2D eigenvalue weighted by Crippen LogP contribution is -2.32. The largest absolute Gasteiger partial charge is 0.495 e. The summed E-state index contributed by atoms with van der Waals surface area (Å²) in [7, 11) is 1.45. The van der Waals surface area contributed by atoms with Crippen LogP contribution in [0.5, 0.6) is 5.75 Å². The van der Waals surface area contributed by atoms with Gasteiger partial charge in [-0.1, -0.05) is 6.07 Å². The van der Waals surface area contributed by atoms with Gasteiger partial charge in [-0.25, -0.2) is 0 Å². The molecule has 0 aliphatic rings. The first-order valence-electron chi connectivity index (χ1n) is 8.30. The fraction of sp³-hybridized carbons (Fsp3) is 0.263. The Morgan fingerprint density at radius 1 is 1.04 bits per heavy atom. The molecule has 28 heavy (non-hydrogen) atoms. The number of carbonyl (C=O) groups is 2. The van der Waals surface area contributed by atoms with Gasteiger partial charge in [-0.2, -0.15) is 13.2 Å². The van der Waals surface area contributed by atoms with Crippen LogP contribution in [-0.2, 0) is 15.8 Å². The number of rotatable bonds is 6. The molecule has 6 nitrogen and oxygen atoms in total. The summed E-state index contributed by atoms with van der Waals surface area (Å²) in [6.07, 6.45) is -4.50. The Balaban J connectivity index is 2.13. The monoisotopic (exact) mass is 395 g/mol. The average Bonchev–Trinajstić information content (AvgIpc) is 2.61. The Morgan fingerprint density at radius 3 is 2.32 bits per heavy atom. The van der Waals surface area contributed by atoms with Gasteiger partial charge in [-0.15, -0.1) is 0 Å². The highest BCUT2D eigenvalue weighted by Gasteiger charge is 2.30. The molecule has 2 aromatic rings. The van der Waals surface area contributed by atoms with Gasteiger partial charge >= 0.3 is 6.18 Å². The molecule has 9 heteroatoms. The molecule has 0 heterocycles. The number of halogens is 3. The molecule has 2 amide bonds. The highest BCUT2D eigenvalue weighted by molar-refractivity contribution is 5.97. The topological polar surface area (TPSA) is 79.5 Å². The van der Waals surface area contributed by atoms with Gasteiger partial charge in [0.15, 0.2) is 0 Å². The lowest BCUT2D eigenvalue weighted by molar-refractivity contribution is -0.137.